The van der Waals surface area contributed by atoms with Crippen LogP contribution in [0.2, 0.25) is 0 Å². The molecule has 1 amide bonds. The molecule has 1 aliphatic heterocycles. The number of nitrogens with one attached hydrogen (secondary N) is 1. The van der Waals surface area contributed by atoms with Crippen molar-refractivity contribution in [3.05, 3.63) is 0 Å². The summed E-state index contributed by atoms with van der Waals surface area (Å²) < 4.78 is 0. The molecule has 0 aromatic heterocycles. The zero-order chi connectivity index (χ0) is 10.7. The molecule has 2 N–H and O–H groups in total. The number of aliphatic carboxylic acids is 1. The molecule has 80 valence electrons. The fourth-order valence-electron chi connectivity index (χ4n) is 1.65. The molecule has 0 saturated carbocycles. The maximum absolute atomic E-state index is 11.6. The molecule has 1 rings (SSSR count). The average Bonchev–Trinajstić information content (AvgIpc) is 2.18. The van der Waals surface area contributed by atoms with Crippen LogP contribution in [-0.4, -0.2) is 48.1 Å². The van der Waals surface area contributed by atoms with Gasteiger partial charge in [-0.15, -0.1) is 0 Å². The van der Waals surface area contributed by atoms with Gasteiger partial charge in [-0.3, -0.25) is 9.59 Å². The Morgan fingerprint density at radius 2 is 2.36 bits per heavy atom. The summed E-state index contributed by atoms with van der Waals surface area (Å²) in [6.45, 7) is 3.40. The average molecular weight is 200 g/mol. The van der Waals surface area contributed by atoms with Gasteiger partial charge in [-0.2, -0.15) is 0 Å². The molecular weight excluding hydrogens is 184 g/mol. The van der Waals surface area contributed by atoms with E-state index in [0.717, 1.165) is 0 Å². The number of hydrogen-bond acceptors (Lipinski definition) is 3. The Balaban J connectivity index is 2.65. The first kappa shape index (κ1) is 11.0. The quantitative estimate of drug-likeness (QED) is 0.632. The van der Waals surface area contributed by atoms with E-state index < -0.39 is 12.0 Å². The number of carbonyl (C=O) groups is 2. The Bertz CT molecular complexity index is 242. The first-order chi connectivity index (χ1) is 6.50. The third kappa shape index (κ3) is 2.70. The van der Waals surface area contributed by atoms with Gasteiger partial charge in [0.15, 0.2) is 0 Å². The van der Waals surface area contributed by atoms with Crippen LogP contribution >= 0.6 is 0 Å². The molecular formula is C9H16N2O3. The summed E-state index contributed by atoms with van der Waals surface area (Å²) in [7, 11) is 1.71. The van der Waals surface area contributed by atoms with Gasteiger partial charge in [-0.05, 0) is 5.92 Å². The Morgan fingerprint density at radius 3 is 2.93 bits per heavy atom. The van der Waals surface area contributed by atoms with E-state index >= 15 is 0 Å². The molecule has 0 aromatic carbocycles. The van der Waals surface area contributed by atoms with Crippen LogP contribution in [0.4, 0.5) is 0 Å². The second-order valence-electron chi connectivity index (χ2n) is 3.88. The van der Waals surface area contributed by atoms with Crippen molar-refractivity contribution in [2.24, 2.45) is 5.92 Å². The number of carbonyl (C=O) groups excluding carboxylic acids is 1. The zero-order valence-corrected chi connectivity index (χ0v) is 8.49. The Kier molecular flexibility index (Phi) is 3.46. The number of hydrogen-bond donors (Lipinski definition) is 2. The fraction of sp³-hybridized carbons (Fsp3) is 0.778. The van der Waals surface area contributed by atoms with E-state index in [9.17, 15) is 9.59 Å². The maximum Gasteiger partial charge on any atom is 0.305 e. The van der Waals surface area contributed by atoms with Crippen LogP contribution in [0.1, 0.15) is 13.3 Å². The standard InChI is InChI=1S/C9H16N2O3/c1-6-4-10-7(3-8(12)13)9(14)11(2)5-6/h6-7,10H,3-5H2,1-2H3,(H,12,13). The molecule has 0 aromatic rings. The summed E-state index contributed by atoms with van der Waals surface area (Å²) in [5, 5.41) is 11.6. The summed E-state index contributed by atoms with van der Waals surface area (Å²) in [4.78, 5) is 23.7. The minimum atomic E-state index is -0.946. The van der Waals surface area contributed by atoms with E-state index in [1.165, 1.54) is 0 Å². The topological polar surface area (TPSA) is 69.6 Å². The highest BCUT2D eigenvalue weighted by molar-refractivity contribution is 5.86. The largest absolute Gasteiger partial charge is 0.481 e. The lowest BCUT2D eigenvalue weighted by molar-refractivity contribution is -0.141. The number of nitrogens with zero attached hydrogens (tertiary/aromatic N) is 1. The van der Waals surface area contributed by atoms with Gasteiger partial charge in [0.1, 0.15) is 0 Å². The SMILES string of the molecule is CC1CNC(CC(=O)O)C(=O)N(C)C1. The van der Waals surface area contributed by atoms with Crippen LogP contribution in [0.25, 0.3) is 0 Å². The summed E-state index contributed by atoms with van der Waals surface area (Å²) in [5.41, 5.74) is 0. The number of amides is 1. The lowest BCUT2D eigenvalue weighted by Crippen LogP contribution is -2.43. The van der Waals surface area contributed by atoms with Crippen molar-refractivity contribution >= 4 is 11.9 Å². The van der Waals surface area contributed by atoms with E-state index in [2.05, 4.69) is 5.32 Å². The molecule has 5 nitrogen and oxygen atoms in total. The predicted octanol–water partition coefficient (Wildman–Crippen LogP) is -0.473. The molecule has 1 aliphatic rings. The second-order valence-corrected chi connectivity index (χ2v) is 3.88. The normalized spacial score (nSPS) is 28.7. The van der Waals surface area contributed by atoms with Crippen LogP contribution in [0.15, 0.2) is 0 Å². The lowest BCUT2D eigenvalue weighted by Gasteiger charge is -2.19. The Morgan fingerprint density at radius 1 is 1.71 bits per heavy atom. The van der Waals surface area contributed by atoms with Gasteiger partial charge in [0.25, 0.3) is 0 Å². The third-order valence-corrected chi connectivity index (χ3v) is 2.35. The zero-order valence-electron chi connectivity index (χ0n) is 8.49. The molecule has 1 fully saturated rings. The molecule has 2 atom stereocenters. The molecule has 0 bridgehead atoms. The maximum atomic E-state index is 11.6. The Labute approximate surface area is 83.1 Å². The number of carboxylic acid groups (broad SMARTS) is 1. The molecule has 0 spiro atoms. The van der Waals surface area contributed by atoms with Crippen molar-refractivity contribution in [3.8, 4) is 0 Å². The van der Waals surface area contributed by atoms with Crippen molar-refractivity contribution in [2.75, 3.05) is 20.1 Å². The smallest absolute Gasteiger partial charge is 0.305 e. The summed E-state index contributed by atoms with van der Waals surface area (Å²) in [5.74, 6) is -0.710. The molecule has 5 heteroatoms. The van der Waals surface area contributed by atoms with Crippen LogP contribution < -0.4 is 5.32 Å². The first-order valence-corrected chi connectivity index (χ1v) is 4.71. The van der Waals surface area contributed by atoms with Gasteiger partial charge in [0.2, 0.25) is 5.91 Å². The molecule has 0 aliphatic carbocycles. The third-order valence-electron chi connectivity index (χ3n) is 2.35. The molecule has 14 heavy (non-hydrogen) atoms. The van der Waals surface area contributed by atoms with Crippen LogP contribution in [0.5, 0.6) is 0 Å². The van der Waals surface area contributed by atoms with Crippen molar-refractivity contribution in [1.82, 2.24) is 10.2 Å². The number of carboxylic acids is 1. The van der Waals surface area contributed by atoms with Crippen LogP contribution in [0.3, 0.4) is 0 Å². The van der Waals surface area contributed by atoms with E-state index in [1.807, 2.05) is 6.92 Å². The van der Waals surface area contributed by atoms with Gasteiger partial charge < -0.3 is 15.3 Å². The summed E-state index contributed by atoms with van der Waals surface area (Å²) >= 11 is 0. The molecule has 2 unspecified atom stereocenters. The minimum Gasteiger partial charge on any atom is -0.481 e. The monoisotopic (exact) mass is 200 g/mol. The van der Waals surface area contributed by atoms with Crippen LogP contribution in [0, 0.1) is 5.92 Å². The fourth-order valence-corrected chi connectivity index (χ4v) is 1.65. The van der Waals surface area contributed by atoms with E-state index in [4.69, 9.17) is 5.11 Å². The highest BCUT2D eigenvalue weighted by atomic mass is 16.4. The van der Waals surface area contributed by atoms with Gasteiger partial charge in [0, 0.05) is 20.1 Å². The number of likely N-dealkylation sites (N-methyl/N-ethyl adjacent to an activating group) is 1. The van der Waals surface area contributed by atoms with E-state index in [-0.39, 0.29) is 12.3 Å². The Hall–Kier alpha value is -1.10. The van der Waals surface area contributed by atoms with Gasteiger partial charge in [-0.1, -0.05) is 6.92 Å². The molecule has 1 saturated heterocycles. The minimum absolute atomic E-state index is 0.128. The lowest BCUT2D eigenvalue weighted by atomic mass is 10.2. The summed E-state index contributed by atoms with van der Waals surface area (Å²) in [6.07, 6.45) is -0.143. The van der Waals surface area contributed by atoms with E-state index in [0.29, 0.717) is 19.0 Å². The molecule has 1 heterocycles. The van der Waals surface area contributed by atoms with Crippen molar-refractivity contribution in [1.29, 1.82) is 0 Å². The van der Waals surface area contributed by atoms with Gasteiger partial charge in [0.05, 0.1) is 12.5 Å². The van der Waals surface area contributed by atoms with Crippen molar-refractivity contribution in [2.45, 2.75) is 19.4 Å². The molecule has 0 radical (unpaired) electrons. The van der Waals surface area contributed by atoms with E-state index in [1.54, 1.807) is 11.9 Å². The second kappa shape index (κ2) is 4.41. The highest BCUT2D eigenvalue weighted by Crippen LogP contribution is 2.07. The summed E-state index contributed by atoms with van der Waals surface area (Å²) in [6, 6.07) is -0.567. The van der Waals surface area contributed by atoms with Gasteiger partial charge >= 0.3 is 5.97 Å². The number of rotatable bonds is 2. The van der Waals surface area contributed by atoms with Crippen LogP contribution in [-0.2, 0) is 9.59 Å². The van der Waals surface area contributed by atoms with Crippen molar-refractivity contribution < 1.29 is 14.7 Å². The first-order valence-electron chi connectivity index (χ1n) is 4.71. The van der Waals surface area contributed by atoms with Crippen molar-refractivity contribution in [3.63, 3.8) is 0 Å². The van der Waals surface area contributed by atoms with Gasteiger partial charge in [-0.25, -0.2) is 0 Å². The highest BCUT2D eigenvalue weighted by Gasteiger charge is 2.28. The predicted molar refractivity (Wildman–Crippen MR) is 50.8 cm³/mol.